The van der Waals surface area contributed by atoms with Crippen molar-refractivity contribution in [2.75, 3.05) is 6.61 Å². The minimum absolute atomic E-state index is 0.0974. The van der Waals surface area contributed by atoms with Crippen LogP contribution in [0.1, 0.15) is 71.0 Å². The van der Waals surface area contributed by atoms with Crippen LogP contribution < -0.4 is 10.4 Å². The summed E-state index contributed by atoms with van der Waals surface area (Å²) in [5.74, 6) is 0. The molecule has 200 valence electrons. The lowest BCUT2D eigenvalue weighted by Crippen LogP contribution is -2.58. The molecule has 0 aromatic heterocycles. The molecule has 2 nitrogen and oxygen atoms in total. The Bertz CT molecular complexity index is 991. The molecule has 3 aromatic rings. The number of hydrogen-bond acceptors (Lipinski definition) is 2. The van der Waals surface area contributed by atoms with Crippen LogP contribution in [0.2, 0.25) is 24.7 Å². The highest BCUT2D eigenvalue weighted by Crippen LogP contribution is 2.36. The maximum absolute atomic E-state index is 7.23. The van der Waals surface area contributed by atoms with E-state index in [4.69, 9.17) is 8.85 Å². The first-order chi connectivity index (χ1) is 17.6. The summed E-state index contributed by atoms with van der Waals surface area (Å²) >= 11 is 0. The van der Waals surface area contributed by atoms with E-state index in [0.29, 0.717) is 0 Å². The van der Waals surface area contributed by atoms with Gasteiger partial charge in [0.15, 0.2) is 8.32 Å². The molecule has 0 aliphatic rings. The van der Waals surface area contributed by atoms with Gasteiger partial charge in [0.2, 0.25) is 0 Å². The Morgan fingerprint density at radius 2 is 1.08 bits per heavy atom. The second-order valence-corrected chi connectivity index (χ2v) is 20.2. The van der Waals surface area contributed by atoms with Crippen LogP contribution in [0, 0.1) is 0 Å². The topological polar surface area (TPSA) is 18.5 Å². The van der Waals surface area contributed by atoms with E-state index in [2.05, 4.69) is 131 Å². The Morgan fingerprint density at radius 1 is 0.622 bits per heavy atom. The molecule has 0 saturated heterocycles. The van der Waals surface area contributed by atoms with Gasteiger partial charge in [-0.25, -0.2) is 0 Å². The number of unbranched alkanes of at least 4 members (excludes halogenated alkanes) is 4. The van der Waals surface area contributed by atoms with Gasteiger partial charge in [-0.05, 0) is 53.5 Å². The highest BCUT2D eigenvalue weighted by molar-refractivity contribution is 6.96. The molecule has 0 aliphatic heterocycles. The third-order valence-corrected chi connectivity index (χ3v) is 16.2. The van der Waals surface area contributed by atoms with E-state index >= 15 is 0 Å². The lowest BCUT2D eigenvalue weighted by atomic mass is 10.0. The quantitative estimate of drug-likeness (QED) is 0.153. The monoisotopic (exact) mass is 532 g/mol. The molecule has 0 spiro atoms. The summed E-state index contributed by atoms with van der Waals surface area (Å²) in [6.45, 7) is 14.9. The standard InChI is InChI=1S/C33H48O2Si2/c1-33(2,3)36(4,5)34-28-20-9-7-8-19-27-32(29-21-13-10-14-22-29)35-37(6,30-23-15-11-16-24-30)31-25-17-12-18-26-31/h10-18,21-26,32H,7-9,19-20,27-28H2,1-6H3. The van der Waals surface area contributed by atoms with Gasteiger partial charge in [0.1, 0.15) is 0 Å². The van der Waals surface area contributed by atoms with Crippen molar-refractivity contribution >= 4 is 27.0 Å². The highest BCUT2D eigenvalue weighted by atomic mass is 28.4. The summed E-state index contributed by atoms with van der Waals surface area (Å²) in [6, 6.07) is 32.5. The molecule has 0 amide bonds. The Hall–Kier alpha value is -1.99. The fraction of sp³-hybridized carbons (Fsp3) is 0.455. The van der Waals surface area contributed by atoms with Crippen molar-refractivity contribution in [2.24, 2.45) is 0 Å². The van der Waals surface area contributed by atoms with Gasteiger partial charge in [0.05, 0.1) is 6.10 Å². The molecule has 0 saturated carbocycles. The highest BCUT2D eigenvalue weighted by Gasteiger charge is 2.37. The normalized spacial score (nSPS) is 13.5. The molecule has 3 rings (SSSR count). The molecule has 37 heavy (non-hydrogen) atoms. The first-order valence-corrected chi connectivity index (χ1v) is 19.4. The summed E-state index contributed by atoms with van der Waals surface area (Å²) in [4.78, 5) is 0. The molecule has 1 atom stereocenters. The fourth-order valence-electron chi connectivity index (χ4n) is 4.57. The van der Waals surface area contributed by atoms with Crippen molar-refractivity contribution in [3.63, 3.8) is 0 Å². The van der Waals surface area contributed by atoms with Crippen LogP contribution in [-0.4, -0.2) is 23.2 Å². The smallest absolute Gasteiger partial charge is 0.253 e. The second-order valence-electron chi connectivity index (χ2n) is 11.9. The number of hydrogen-bond donors (Lipinski definition) is 0. The van der Waals surface area contributed by atoms with Crippen molar-refractivity contribution in [2.45, 2.75) is 90.1 Å². The molecule has 4 heteroatoms. The predicted octanol–water partition coefficient (Wildman–Crippen LogP) is 8.50. The van der Waals surface area contributed by atoms with E-state index in [1.54, 1.807) is 0 Å². The molecular weight excluding hydrogens is 485 g/mol. The molecule has 0 aliphatic carbocycles. The van der Waals surface area contributed by atoms with E-state index in [1.807, 2.05) is 0 Å². The number of benzene rings is 3. The van der Waals surface area contributed by atoms with Crippen molar-refractivity contribution in [1.29, 1.82) is 0 Å². The average molecular weight is 533 g/mol. The van der Waals surface area contributed by atoms with Crippen molar-refractivity contribution in [1.82, 2.24) is 0 Å². The lowest BCUT2D eigenvalue weighted by molar-refractivity contribution is 0.188. The second kappa shape index (κ2) is 13.7. The van der Waals surface area contributed by atoms with Crippen LogP contribution in [0.5, 0.6) is 0 Å². The molecule has 0 bridgehead atoms. The van der Waals surface area contributed by atoms with Crippen LogP contribution in [0.25, 0.3) is 0 Å². The molecular formula is C33H48O2Si2. The molecule has 1 unspecified atom stereocenters. The first-order valence-electron chi connectivity index (χ1n) is 14.1. The van der Waals surface area contributed by atoms with E-state index in [9.17, 15) is 0 Å². The SMILES string of the molecule is CC(C)(C)[Si](C)(C)OCCCCCCCC(O[Si](C)(c1ccccc1)c1ccccc1)c1ccccc1. The summed E-state index contributed by atoms with van der Waals surface area (Å²) in [5.41, 5.74) is 1.29. The molecule has 3 aromatic carbocycles. The third kappa shape index (κ3) is 8.51. The predicted molar refractivity (Wildman–Crippen MR) is 165 cm³/mol. The van der Waals surface area contributed by atoms with E-state index in [1.165, 1.54) is 41.6 Å². The Kier molecular flexibility index (Phi) is 11.0. The summed E-state index contributed by atoms with van der Waals surface area (Å²) < 4.78 is 13.6. The average Bonchev–Trinajstić information content (AvgIpc) is 2.90. The van der Waals surface area contributed by atoms with Crippen LogP contribution in [0.15, 0.2) is 91.0 Å². The largest absolute Gasteiger partial charge is 0.417 e. The van der Waals surface area contributed by atoms with Crippen molar-refractivity contribution in [3.8, 4) is 0 Å². The van der Waals surface area contributed by atoms with Gasteiger partial charge < -0.3 is 8.85 Å². The van der Waals surface area contributed by atoms with Gasteiger partial charge in [0, 0.05) is 6.61 Å². The Morgan fingerprint density at radius 3 is 1.59 bits per heavy atom. The minimum Gasteiger partial charge on any atom is -0.417 e. The molecule has 0 fully saturated rings. The van der Waals surface area contributed by atoms with Gasteiger partial charge >= 0.3 is 0 Å². The maximum atomic E-state index is 7.23. The van der Waals surface area contributed by atoms with E-state index in [0.717, 1.165) is 19.4 Å². The zero-order valence-corrected chi connectivity index (χ0v) is 26.0. The Balaban J connectivity index is 1.61. The van der Waals surface area contributed by atoms with E-state index in [-0.39, 0.29) is 11.1 Å². The minimum atomic E-state index is -2.38. The van der Waals surface area contributed by atoms with Gasteiger partial charge in [-0.15, -0.1) is 0 Å². The fourth-order valence-corrected chi connectivity index (χ4v) is 8.74. The zero-order valence-electron chi connectivity index (χ0n) is 24.0. The van der Waals surface area contributed by atoms with Gasteiger partial charge in [-0.2, -0.15) is 0 Å². The summed E-state index contributed by atoms with van der Waals surface area (Å²) in [5, 5.41) is 2.93. The van der Waals surface area contributed by atoms with Crippen LogP contribution >= 0.6 is 0 Å². The molecule has 0 radical (unpaired) electrons. The summed E-state index contributed by atoms with van der Waals surface area (Å²) in [6.07, 6.45) is 7.23. The molecule has 0 heterocycles. The zero-order chi connectivity index (χ0) is 26.8. The maximum Gasteiger partial charge on any atom is 0.253 e. The third-order valence-electron chi connectivity index (χ3n) is 8.08. The van der Waals surface area contributed by atoms with Gasteiger partial charge in [-0.1, -0.05) is 137 Å². The van der Waals surface area contributed by atoms with Crippen molar-refractivity contribution in [3.05, 3.63) is 96.6 Å². The van der Waals surface area contributed by atoms with Crippen LogP contribution in [0.4, 0.5) is 0 Å². The van der Waals surface area contributed by atoms with Gasteiger partial charge in [-0.3, -0.25) is 0 Å². The van der Waals surface area contributed by atoms with E-state index < -0.39 is 16.6 Å². The van der Waals surface area contributed by atoms with Crippen LogP contribution in [0.3, 0.4) is 0 Å². The Labute approximate surface area is 228 Å². The lowest BCUT2D eigenvalue weighted by Gasteiger charge is -2.36. The summed E-state index contributed by atoms with van der Waals surface area (Å²) in [7, 11) is -4.00. The van der Waals surface area contributed by atoms with Crippen molar-refractivity contribution < 1.29 is 8.85 Å². The first kappa shape index (κ1) is 29.6. The van der Waals surface area contributed by atoms with Gasteiger partial charge in [0.25, 0.3) is 8.32 Å². The van der Waals surface area contributed by atoms with Crippen LogP contribution in [-0.2, 0) is 8.85 Å². The number of rotatable bonds is 14. The molecule has 0 N–H and O–H groups in total.